The van der Waals surface area contributed by atoms with Gasteiger partial charge in [-0.15, -0.1) is 24.0 Å². The molecule has 0 aromatic heterocycles. The molecule has 2 rings (SSSR count). The number of benzene rings is 1. The number of nitrogens with zero attached hydrogens (tertiary/aromatic N) is 1. The summed E-state index contributed by atoms with van der Waals surface area (Å²) >= 11 is 0. The van der Waals surface area contributed by atoms with Crippen molar-refractivity contribution in [1.29, 1.82) is 0 Å². The predicted octanol–water partition coefficient (Wildman–Crippen LogP) is 4.13. The number of rotatable bonds is 10. The third-order valence-corrected chi connectivity index (χ3v) is 5.54. The Bertz CT molecular complexity index is 569. The molecule has 3 N–H and O–H groups in total. The summed E-state index contributed by atoms with van der Waals surface area (Å²) in [7, 11) is 1.70. The molecule has 0 aliphatic heterocycles. The molecule has 1 aliphatic rings. The van der Waals surface area contributed by atoms with Gasteiger partial charge in [-0.3, -0.25) is 4.99 Å². The van der Waals surface area contributed by atoms with E-state index in [0.717, 1.165) is 50.6 Å². The lowest BCUT2D eigenvalue weighted by Crippen LogP contribution is -2.39. The van der Waals surface area contributed by atoms with E-state index in [1.165, 1.54) is 37.7 Å². The number of ether oxygens (including phenoxy) is 1. The van der Waals surface area contributed by atoms with Crippen LogP contribution in [0.2, 0.25) is 0 Å². The van der Waals surface area contributed by atoms with Crippen LogP contribution in [0.25, 0.3) is 0 Å². The summed E-state index contributed by atoms with van der Waals surface area (Å²) in [6.07, 6.45) is 9.14. The van der Waals surface area contributed by atoms with Gasteiger partial charge in [0.25, 0.3) is 0 Å². The fourth-order valence-electron chi connectivity index (χ4n) is 3.94. The summed E-state index contributed by atoms with van der Waals surface area (Å²) in [5.74, 6) is 1.81. The Labute approximate surface area is 187 Å². The smallest absolute Gasteiger partial charge is 0.191 e. The first-order chi connectivity index (χ1) is 13.2. The van der Waals surface area contributed by atoms with E-state index < -0.39 is 0 Å². The van der Waals surface area contributed by atoms with E-state index in [1.54, 1.807) is 7.11 Å². The highest BCUT2D eigenvalue weighted by Gasteiger charge is 2.31. The minimum Gasteiger partial charge on any atom is -0.497 e. The van der Waals surface area contributed by atoms with E-state index in [2.05, 4.69) is 29.7 Å². The van der Waals surface area contributed by atoms with Gasteiger partial charge in [-0.2, -0.15) is 0 Å². The summed E-state index contributed by atoms with van der Waals surface area (Å²) in [5, 5.41) is 16.3. The molecule has 160 valence electrons. The fraction of sp³-hybridized carbons (Fsp3) is 0.682. The van der Waals surface area contributed by atoms with Crippen molar-refractivity contribution in [3.05, 3.63) is 29.8 Å². The Morgan fingerprint density at radius 1 is 1.21 bits per heavy atom. The number of nitrogens with one attached hydrogen (secondary N) is 2. The molecule has 0 heterocycles. The molecule has 0 unspecified atom stereocenters. The Hall–Kier alpha value is -1.02. The number of aliphatic hydroxyl groups excluding tert-OH is 1. The molecule has 6 heteroatoms. The average Bonchev–Trinajstić information content (AvgIpc) is 2.70. The number of hydrogen-bond acceptors (Lipinski definition) is 3. The molecule has 0 amide bonds. The van der Waals surface area contributed by atoms with Gasteiger partial charge in [-0.05, 0) is 62.1 Å². The zero-order valence-electron chi connectivity index (χ0n) is 17.5. The maximum atomic E-state index is 9.48. The average molecular weight is 503 g/mol. The van der Waals surface area contributed by atoms with E-state index >= 15 is 0 Å². The lowest BCUT2D eigenvalue weighted by atomic mass is 9.72. The van der Waals surface area contributed by atoms with Gasteiger partial charge in [0.1, 0.15) is 5.75 Å². The highest BCUT2D eigenvalue weighted by molar-refractivity contribution is 14.0. The predicted molar refractivity (Wildman–Crippen MR) is 128 cm³/mol. The largest absolute Gasteiger partial charge is 0.497 e. The molecule has 0 bridgehead atoms. The van der Waals surface area contributed by atoms with Gasteiger partial charge >= 0.3 is 0 Å². The van der Waals surface area contributed by atoms with Crippen molar-refractivity contribution >= 4 is 29.9 Å². The second-order valence-corrected chi connectivity index (χ2v) is 7.61. The lowest BCUT2D eigenvalue weighted by molar-refractivity contribution is 0.137. The second kappa shape index (κ2) is 14.0. The van der Waals surface area contributed by atoms with Crippen LogP contribution in [0.5, 0.6) is 5.75 Å². The maximum Gasteiger partial charge on any atom is 0.191 e. The standard InChI is InChI=1S/C22H37N3O2.HI/c1-3-23-21(25-18-22(14-16-26)12-5-4-6-13-22)24-15-8-10-19-9-7-11-20(17-19)27-2;/h7,9,11,17,26H,3-6,8,10,12-16,18H2,1-2H3,(H2,23,24,25);1H. The van der Waals surface area contributed by atoms with Crippen LogP contribution < -0.4 is 15.4 Å². The number of methoxy groups -OCH3 is 1. The molecule has 0 atom stereocenters. The van der Waals surface area contributed by atoms with Crippen molar-refractivity contribution in [2.24, 2.45) is 10.4 Å². The molecule has 1 aliphatic carbocycles. The van der Waals surface area contributed by atoms with E-state index in [0.29, 0.717) is 0 Å². The van der Waals surface area contributed by atoms with Gasteiger partial charge in [0.15, 0.2) is 5.96 Å². The zero-order chi connectivity index (χ0) is 19.4. The van der Waals surface area contributed by atoms with Crippen LogP contribution in [0.1, 0.15) is 57.4 Å². The van der Waals surface area contributed by atoms with Crippen molar-refractivity contribution in [3.63, 3.8) is 0 Å². The van der Waals surface area contributed by atoms with Crippen molar-refractivity contribution in [2.75, 3.05) is 33.4 Å². The summed E-state index contributed by atoms with van der Waals surface area (Å²) in [6.45, 7) is 4.90. The molecule has 0 radical (unpaired) electrons. The van der Waals surface area contributed by atoms with E-state index in [9.17, 15) is 5.11 Å². The number of aliphatic hydroxyl groups is 1. The third-order valence-electron chi connectivity index (χ3n) is 5.54. The van der Waals surface area contributed by atoms with Gasteiger partial charge in [0, 0.05) is 26.2 Å². The molecule has 1 fully saturated rings. The van der Waals surface area contributed by atoms with Crippen LogP contribution in [-0.4, -0.2) is 44.4 Å². The topological polar surface area (TPSA) is 65.9 Å². The molecule has 1 aromatic rings. The molecular formula is C22H38IN3O2. The summed E-state index contributed by atoms with van der Waals surface area (Å²) < 4.78 is 5.29. The van der Waals surface area contributed by atoms with E-state index in [4.69, 9.17) is 9.73 Å². The number of aryl methyl sites for hydroxylation is 1. The normalized spacial score (nSPS) is 16.2. The molecular weight excluding hydrogens is 465 g/mol. The van der Waals surface area contributed by atoms with Crippen LogP contribution in [0.3, 0.4) is 0 Å². The monoisotopic (exact) mass is 503 g/mol. The van der Waals surface area contributed by atoms with E-state index in [-0.39, 0.29) is 36.0 Å². The number of aliphatic imine (C=N–C) groups is 1. The minimum atomic E-state index is 0. The van der Waals surface area contributed by atoms with E-state index in [1.807, 2.05) is 12.1 Å². The van der Waals surface area contributed by atoms with Gasteiger partial charge in [-0.1, -0.05) is 31.4 Å². The van der Waals surface area contributed by atoms with Gasteiger partial charge in [0.2, 0.25) is 0 Å². The number of guanidine groups is 1. The summed E-state index contributed by atoms with van der Waals surface area (Å²) in [4.78, 5) is 4.86. The highest BCUT2D eigenvalue weighted by atomic mass is 127. The molecule has 1 saturated carbocycles. The molecule has 5 nitrogen and oxygen atoms in total. The molecule has 0 saturated heterocycles. The first kappa shape index (κ1) is 25.0. The Kier molecular flexibility index (Phi) is 12.5. The Morgan fingerprint density at radius 3 is 2.68 bits per heavy atom. The third kappa shape index (κ3) is 8.55. The summed E-state index contributed by atoms with van der Waals surface area (Å²) in [5.41, 5.74) is 1.48. The van der Waals surface area contributed by atoms with Gasteiger partial charge < -0.3 is 20.5 Å². The van der Waals surface area contributed by atoms with Gasteiger partial charge in [0.05, 0.1) is 7.11 Å². The maximum absolute atomic E-state index is 9.48. The molecule has 28 heavy (non-hydrogen) atoms. The first-order valence-corrected chi connectivity index (χ1v) is 10.5. The first-order valence-electron chi connectivity index (χ1n) is 10.5. The molecule has 1 aromatic carbocycles. The second-order valence-electron chi connectivity index (χ2n) is 7.61. The SMILES string of the molecule is CCNC(=NCC1(CCO)CCCCC1)NCCCc1cccc(OC)c1.I. The van der Waals surface area contributed by atoms with Crippen LogP contribution >= 0.6 is 24.0 Å². The van der Waals surface area contributed by atoms with Crippen molar-refractivity contribution < 1.29 is 9.84 Å². The lowest BCUT2D eigenvalue weighted by Gasteiger charge is -2.35. The Balaban J connectivity index is 0.00000392. The number of halogens is 1. The van der Waals surface area contributed by atoms with Crippen LogP contribution in [-0.2, 0) is 6.42 Å². The van der Waals surface area contributed by atoms with Crippen molar-refractivity contribution in [2.45, 2.75) is 58.3 Å². The van der Waals surface area contributed by atoms with Crippen molar-refractivity contribution in [1.82, 2.24) is 10.6 Å². The Morgan fingerprint density at radius 2 is 2.00 bits per heavy atom. The minimum absolute atomic E-state index is 0. The summed E-state index contributed by atoms with van der Waals surface area (Å²) in [6, 6.07) is 8.26. The number of hydrogen-bond donors (Lipinski definition) is 3. The van der Waals surface area contributed by atoms with Crippen molar-refractivity contribution in [3.8, 4) is 5.75 Å². The quantitative estimate of drug-likeness (QED) is 0.195. The van der Waals surface area contributed by atoms with Crippen LogP contribution in [0.4, 0.5) is 0 Å². The zero-order valence-corrected chi connectivity index (χ0v) is 19.8. The van der Waals surface area contributed by atoms with Crippen LogP contribution in [0.15, 0.2) is 29.3 Å². The fourth-order valence-corrected chi connectivity index (χ4v) is 3.94. The molecule has 0 spiro atoms. The van der Waals surface area contributed by atoms with Gasteiger partial charge in [-0.25, -0.2) is 0 Å². The highest BCUT2D eigenvalue weighted by Crippen LogP contribution is 2.39. The van der Waals surface area contributed by atoms with Crippen LogP contribution in [0, 0.1) is 5.41 Å².